The third-order valence-electron chi connectivity index (χ3n) is 5.15. The molecule has 36 heavy (non-hydrogen) atoms. The SMILES string of the molecule is Cc1cc(/C=C/C(c2cc(Cl)c(Cl)c(Cl)c2)C(F)(F)F)ccc1C(=O)C[C@H](C)C(=O)NCC(F)(F)F. The Morgan fingerprint density at radius 3 is 2.08 bits per heavy atom. The lowest BCUT2D eigenvalue weighted by Gasteiger charge is -2.18. The van der Waals surface area contributed by atoms with Crippen molar-refractivity contribution in [1.82, 2.24) is 5.32 Å². The van der Waals surface area contributed by atoms with Gasteiger partial charge in [-0.3, -0.25) is 9.59 Å². The molecule has 0 saturated carbocycles. The molecule has 0 aromatic heterocycles. The Labute approximate surface area is 218 Å². The summed E-state index contributed by atoms with van der Waals surface area (Å²) in [5, 5.41) is 1.42. The van der Waals surface area contributed by atoms with Gasteiger partial charge in [-0.1, -0.05) is 72.1 Å². The second-order valence-corrected chi connectivity index (χ2v) is 9.30. The second-order valence-electron chi connectivity index (χ2n) is 8.11. The van der Waals surface area contributed by atoms with Gasteiger partial charge in [0.25, 0.3) is 0 Å². The fourth-order valence-electron chi connectivity index (χ4n) is 3.32. The van der Waals surface area contributed by atoms with Crippen molar-refractivity contribution in [3.8, 4) is 0 Å². The number of alkyl halides is 6. The summed E-state index contributed by atoms with van der Waals surface area (Å²) in [5.41, 5.74) is 0.775. The normalized spacial score (nSPS) is 14.1. The van der Waals surface area contributed by atoms with E-state index in [9.17, 15) is 35.9 Å². The van der Waals surface area contributed by atoms with Gasteiger partial charge in [-0.05, 0) is 35.7 Å². The molecule has 12 heteroatoms. The molecule has 1 amide bonds. The van der Waals surface area contributed by atoms with Crippen LogP contribution in [-0.2, 0) is 4.79 Å². The summed E-state index contributed by atoms with van der Waals surface area (Å²) in [7, 11) is 0. The summed E-state index contributed by atoms with van der Waals surface area (Å²) in [5.74, 6) is -4.46. The summed E-state index contributed by atoms with van der Waals surface area (Å²) in [4.78, 5) is 24.4. The van der Waals surface area contributed by atoms with E-state index in [0.29, 0.717) is 11.1 Å². The maximum Gasteiger partial charge on any atom is 0.405 e. The number of hydrogen-bond donors (Lipinski definition) is 1. The van der Waals surface area contributed by atoms with Gasteiger partial charge >= 0.3 is 12.4 Å². The van der Waals surface area contributed by atoms with E-state index in [2.05, 4.69) is 0 Å². The van der Waals surface area contributed by atoms with Gasteiger partial charge in [-0.15, -0.1) is 0 Å². The first kappa shape index (κ1) is 30.0. The molecular formula is C24H20Cl3F6NO2. The molecule has 2 atom stereocenters. The van der Waals surface area contributed by atoms with E-state index in [-0.39, 0.29) is 32.6 Å². The maximum absolute atomic E-state index is 13.7. The largest absolute Gasteiger partial charge is 0.405 e. The van der Waals surface area contributed by atoms with Gasteiger partial charge in [-0.25, -0.2) is 0 Å². The van der Waals surface area contributed by atoms with Gasteiger partial charge < -0.3 is 5.32 Å². The zero-order chi connectivity index (χ0) is 27.4. The van der Waals surface area contributed by atoms with Crippen molar-refractivity contribution in [2.24, 2.45) is 5.92 Å². The number of halogens is 9. The summed E-state index contributed by atoms with van der Waals surface area (Å²) >= 11 is 17.6. The van der Waals surface area contributed by atoms with E-state index in [1.807, 2.05) is 0 Å². The van der Waals surface area contributed by atoms with Gasteiger partial charge in [0.1, 0.15) is 6.54 Å². The summed E-state index contributed by atoms with van der Waals surface area (Å²) < 4.78 is 77.9. The van der Waals surface area contributed by atoms with Crippen molar-refractivity contribution in [3.63, 3.8) is 0 Å². The number of nitrogens with one attached hydrogen (secondary N) is 1. The number of hydrogen-bond acceptors (Lipinski definition) is 2. The van der Waals surface area contributed by atoms with Crippen molar-refractivity contribution < 1.29 is 35.9 Å². The van der Waals surface area contributed by atoms with E-state index in [0.717, 1.165) is 18.2 Å². The van der Waals surface area contributed by atoms with Crippen LogP contribution in [0.1, 0.15) is 46.3 Å². The van der Waals surface area contributed by atoms with Crippen LogP contribution < -0.4 is 5.32 Å². The average Bonchev–Trinajstić information content (AvgIpc) is 2.74. The molecule has 1 N–H and O–H groups in total. The molecule has 0 aliphatic heterocycles. The fourth-order valence-corrected chi connectivity index (χ4v) is 3.93. The highest BCUT2D eigenvalue weighted by molar-refractivity contribution is 6.48. The third kappa shape index (κ3) is 8.42. The predicted molar refractivity (Wildman–Crippen MR) is 128 cm³/mol. The van der Waals surface area contributed by atoms with E-state index >= 15 is 0 Å². The molecule has 0 bridgehead atoms. The molecule has 0 radical (unpaired) electrons. The first-order valence-electron chi connectivity index (χ1n) is 10.4. The Kier molecular flexibility index (Phi) is 9.90. The monoisotopic (exact) mass is 573 g/mol. The average molecular weight is 575 g/mol. The van der Waals surface area contributed by atoms with Crippen molar-refractivity contribution in [3.05, 3.63) is 73.7 Å². The molecule has 0 heterocycles. The number of ketones is 1. The van der Waals surface area contributed by atoms with Gasteiger partial charge in [-0.2, -0.15) is 26.3 Å². The molecule has 0 saturated heterocycles. The standard InChI is InChI=1S/C24H20Cl3F6NO2/c1-12-7-14(3-5-16(12)20(35)8-13(2)22(36)34-11-23(28,29)30)4-6-17(24(31,32)33)15-9-18(25)21(27)19(26)10-15/h3-7,9-10,13,17H,8,11H2,1-2H3,(H,34,36)/b6-4+/t13-,17?/m0/s1. The molecule has 2 aromatic carbocycles. The van der Waals surface area contributed by atoms with Gasteiger partial charge in [0.05, 0.1) is 21.0 Å². The lowest BCUT2D eigenvalue weighted by Crippen LogP contribution is -2.37. The van der Waals surface area contributed by atoms with Gasteiger partial charge in [0, 0.05) is 17.9 Å². The molecule has 0 aliphatic rings. The van der Waals surface area contributed by atoms with E-state index in [4.69, 9.17) is 34.8 Å². The summed E-state index contributed by atoms with van der Waals surface area (Å²) in [6, 6.07) is 6.44. The highest BCUT2D eigenvalue weighted by Crippen LogP contribution is 2.41. The summed E-state index contributed by atoms with van der Waals surface area (Å²) in [6.07, 6.45) is -7.43. The Morgan fingerprint density at radius 1 is 1.00 bits per heavy atom. The molecule has 2 aromatic rings. The number of benzene rings is 2. The quantitative estimate of drug-likeness (QED) is 0.196. The van der Waals surface area contributed by atoms with E-state index < -0.39 is 42.4 Å². The lowest BCUT2D eigenvalue weighted by molar-refractivity contribution is -0.140. The van der Waals surface area contributed by atoms with Gasteiger partial charge in [0.15, 0.2) is 5.78 Å². The minimum atomic E-state index is -4.66. The Hall–Kier alpha value is -2.23. The van der Waals surface area contributed by atoms with Crippen LogP contribution in [0.25, 0.3) is 6.08 Å². The molecule has 0 aliphatic carbocycles. The second kappa shape index (κ2) is 11.9. The number of amides is 1. The first-order chi connectivity index (χ1) is 16.5. The smallest absolute Gasteiger partial charge is 0.347 e. The van der Waals surface area contributed by atoms with Crippen LogP contribution in [0, 0.1) is 12.8 Å². The highest BCUT2D eigenvalue weighted by atomic mass is 35.5. The number of Topliss-reactive ketones (excluding diaryl/α,β-unsaturated/α-hetero) is 1. The molecule has 2 rings (SSSR count). The number of allylic oxidation sites excluding steroid dienone is 1. The maximum atomic E-state index is 13.7. The van der Waals surface area contributed by atoms with Crippen molar-refractivity contribution in [1.29, 1.82) is 0 Å². The van der Waals surface area contributed by atoms with Crippen LogP contribution in [0.3, 0.4) is 0 Å². The minimum absolute atomic E-state index is 0.0602. The number of carbonyl (C=O) groups excluding carboxylic acids is 2. The molecular weight excluding hydrogens is 555 g/mol. The molecule has 1 unspecified atom stereocenters. The Bertz CT molecular complexity index is 1140. The van der Waals surface area contributed by atoms with Crippen LogP contribution in [0.5, 0.6) is 0 Å². The Balaban J connectivity index is 2.19. The molecule has 0 fully saturated rings. The third-order valence-corrected chi connectivity index (χ3v) is 6.35. The predicted octanol–water partition coefficient (Wildman–Crippen LogP) is 8.20. The number of carbonyl (C=O) groups is 2. The van der Waals surface area contributed by atoms with Crippen LogP contribution in [0.4, 0.5) is 26.3 Å². The topological polar surface area (TPSA) is 46.2 Å². The van der Waals surface area contributed by atoms with Crippen molar-refractivity contribution in [2.75, 3.05) is 6.54 Å². The highest BCUT2D eigenvalue weighted by Gasteiger charge is 2.39. The van der Waals surface area contributed by atoms with Crippen LogP contribution in [0.15, 0.2) is 36.4 Å². The fraction of sp³-hybridized carbons (Fsp3) is 0.333. The Morgan fingerprint density at radius 2 is 1.58 bits per heavy atom. The molecule has 196 valence electrons. The number of rotatable bonds is 8. The summed E-state index contributed by atoms with van der Waals surface area (Å²) in [6.45, 7) is 1.37. The number of aryl methyl sites for hydroxylation is 1. The van der Waals surface area contributed by atoms with Crippen LogP contribution in [-0.4, -0.2) is 30.6 Å². The van der Waals surface area contributed by atoms with E-state index in [1.165, 1.54) is 31.2 Å². The zero-order valence-electron chi connectivity index (χ0n) is 18.8. The van der Waals surface area contributed by atoms with Gasteiger partial charge in [0.2, 0.25) is 5.91 Å². The lowest BCUT2D eigenvalue weighted by atomic mass is 9.94. The molecule has 0 spiro atoms. The minimum Gasteiger partial charge on any atom is -0.347 e. The van der Waals surface area contributed by atoms with Crippen molar-refractivity contribution in [2.45, 2.75) is 38.5 Å². The van der Waals surface area contributed by atoms with Crippen molar-refractivity contribution >= 4 is 52.6 Å². The first-order valence-corrected chi connectivity index (χ1v) is 11.5. The zero-order valence-corrected chi connectivity index (χ0v) is 21.1. The van der Waals surface area contributed by atoms with E-state index in [1.54, 1.807) is 12.2 Å². The van der Waals surface area contributed by atoms with Crippen LogP contribution >= 0.6 is 34.8 Å². The molecule has 3 nitrogen and oxygen atoms in total. The van der Waals surface area contributed by atoms with Crippen LogP contribution in [0.2, 0.25) is 15.1 Å².